The topological polar surface area (TPSA) is 17.1 Å². The van der Waals surface area contributed by atoms with Crippen molar-refractivity contribution >= 4 is 68.7 Å². The quantitative estimate of drug-likeness (QED) is 0.426. The second-order valence-electron chi connectivity index (χ2n) is 0. The van der Waals surface area contributed by atoms with Gasteiger partial charge in [-0.15, -0.1) is 0 Å². The van der Waals surface area contributed by atoms with E-state index in [1.165, 1.54) is 0 Å². The fourth-order valence-corrected chi connectivity index (χ4v) is 0. The van der Waals surface area contributed by atoms with Gasteiger partial charge in [-0.25, -0.2) is 0 Å². The Labute approximate surface area is 89.0 Å². The van der Waals surface area contributed by atoms with Crippen molar-refractivity contribution in [1.29, 1.82) is 0 Å². The Morgan fingerprint density at radius 1 is 1.20 bits per heavy atom. The van der Waals surface area contributed by atoms with Crippen LogP contribution in [0.4, 0.5) is 0 Å². The maximum atomic E-state index is 8.38. The molecule has 0 aromatic heterocycles. The van der Waals surface area contributed by atoms with Gasteiger partial charge in [-0.05, 0) is 0 Å². The van der Waals surface area contributed by atoms with Crippen LogP contribution in [0.1, 0.15) is 0 Å². The summed E-state index contributed by atoms with van der Waals surface area (Å²) in [4.78, 5) is 0. The Morgan fingerprint density at radius 2 is 1.20 bits per heavy atom. The summed E-state index contributed by atoms with van der Waals surface area (Å²) >= 11 is 0.125. The SMILES string of the molecule is [GaH3].[InH3].[MgH2].[O]=[Zn]. The Hall–Kier alpha value is 2.70. The fourth-order valence-electron chi connectivity index (χ4n) is 0. The Morgan fingerprint density at radius 3 is 1.20 bits per heavy atom. The van der Waals surface area contributed by atoms with Crippen LogP contribution >= 0.6 is 0 Å². The molecule has 0 atom stereocenters. The van der Waals surface area contributed by atoms with Crippen LogP contribution in [0.25, 0.3) is 0 Å². The first-order valence-corrected chi connectivity index (χ1v) is 1.50. The average molecular weight is 298 g/mol. The van der Waals surface area contributed by atoms with Gasteiger partial charge in [-0.2, -0.15) is 0 Å². The van der Waals surface area contributed by atoms with Crippen LogP contribution in [0.5, 0.6) is 0 Å². The molecule has 0 amide bonds. The zero-order chi connectivity index (χ0) is 2.00. The minimum absolute atomic E-state index is 0. The molecule has 0 aliphatic heterocycles. The van der Waals surface area contributed by atoms with Crippen molar-refractivity contribution in [2.75, 3.05) is 0 Å². The van der Waals surface area contributed by atoms with E-state index in [-0.39, 0.29) is 86.9 Å². The molecule has 1 nitrogen and oxygen atoms in total. The molecule has 0 saturated carbocycles. The molecule has 0 unspecified atom stereocenters. The second kappa shape index (κ2) is 29.9. The van der Waals surface area contributed by atoms with E-state index in [9.17, 15) is 0 Å². The normalized spacial score (nSPS) is 1.20. The van der Waals surface area contributed by atoms with Gasteiger partial charge in [0.1, 0.15) is 0 Å². The monoisotopic (exact) mass is 296 g/mol. The molecular formula is H8GaInMgOZn. The average Bonchev–Trinajstić information content (AvgIpc) is 1.00. The molecule has 0 fully saturated rings. The molecule has 0 rings (SSSR count). The first-order valence-electron chi connectivity index (χ1n) is 0.289. The summed E-state index contributed by atoms with van der Waals surface area (Å²) in [6.45, 7) is 0. The molecule has 0 bridgehead atoms. The van der Waals surface area contributed by atoms with Crippen molar-refractivity contribution in [2.24, 2.45) is 0 Å². The number of rotatable bonds is 0. The second-order valence-corrected chi connectivity index (χ2v) is 0. The van der Waals surface area contributed by atoms with Crippen LogP contribution < -0.4 is 0 Å². The summed E-state index contributed by atoms with van der Waals surface area (Å²) in [5, 5.41) is 0. The van der Waals surface area contributed by atoms with E-state index in [1.54, 1.807) is 0 Å². The summed E-state index contributed by atoms with van der Waals surface area (Å²) in [6, 6.07) is 0. The predicted octanol–water partition coefficient (Wildman–Crippen LogP) is -3.41. The summed E-state index contributed by atoms with van der Waals surface area (Å²) < 4.78 is 8.38. The van der Waals surface area contributed by atoms with E-state index in [1.807, 2.05) is 0 Å². The van der Waals surface area contributed by atoms with Gasteiger partial charge >= 0.3 is 90.5 Å². The molecule has 0 N–H and O–H groups in total. The minimum atomic E-state index is 0. The first kappa shape index (κ1) is 25.3. The van der Waals surface area contributed by atoms with Crippen LogP contribution in [0, 0.1) is 0 Å². The Balaban J connectivity index is -0.00000000167. The van der Waals surface area contributed by atoms with Crippen molar-refractivity contribution in [3.8, 4) is 0 Å². The molecule has 0 heterocycles. The van der Waals surface area contributed by atoms with Gasteiger partial charge in [0, 0.05) is 0 Å². The summed E-state index contributed by atoms with van der Waals surface area (Å²) in [7, 11) is 0. The van der Waals surface area contributed by atoms with E-state index in [2.05, 4.69) is 0 Å². The zero-order valence-electron chi connectivity index (χ0n) is 1.12. The third-order valence-electron chi connectivity index (χ3n) is 0. The molecule has 0 aliphatic rings. The molecule has 24 valence electrons. The molecule has 0 aromatic rings. The van der Waals surface area contributed by atoms with Gasteiger partial charge < -0.3 is 0 Å². The van der Waals surface area contributed by atoms with Crippen molar-refractivity contribution in [1.82, 2.24) is 0 Å². The van der Waals surface area contributed by atoms with Gasteiger partial charge in [0.25, 0.3) is 0 Å². The molecule has 5 heteroatoms. The fraction of sp³-hybridized carbons (Fsp3) is 0. The molecular weight excluding hydrogens is 290 g/mol. The van der Waals surface area contributed by atoms with Gasteiger partial charge in [-0.3, -0.25) is 0 Å². The van der Waals surface area contributed by atoms with Crippen LogP contribution in [0.2, 0.25) is 0 Å². The van der Waals surface area contributed by atoms with Crippen molar-refractivity contribution < 1.29 is 21.8 Å². The van der Waals surface area contributed by atoms with E-state index in [0.29, 0.717) is 0 Å². The Bertz CT molecular complexity index is 11.6. The van der Waals surface area contributed by atoms with Crippen LogP contribution in [-0.4, -0.2) is 68.7 Å². The van der Waals surface area contributed by atoms with Gasteiger partial charge in [-0.1, -0.05) is 0 Å². The standard InChI is InChI=1S/Ga.In.Mg.O.Zn.8H. The number of hydrogen-bond acceptors (Lipinski definition) is 1. The molecule has 0 radical (unpaired) electrons. The third kappa shape index (κ3) is 20.3. The van der Waals surface area contributed by atoms with E-state index < -0.39 is 0 Å². The summed E-state index contributed by atoms with van der Waals surface area (Å²) in [5.41, 5.74) is 0. The van der Waals surface area contributed by atoms with Crippen LogP contribution in [-0.2, 0) is 21.8 Å². The van der Waals surface area contributed by atoms with Crippen LogP contribution in [0.15, 0.2) is 0 Å². The van der Waals surface area contributed by atoms with E-state index in [4.69, 9.17) is 3.57 Å². The molecule has 0 spiro atoms. The molecule has 0 saturated heterocycles. The molecule has 5 heavy (non-hydrogen) atoms. The number of hydrogen-bond donors (Lipinski definition) is 0. The van der Waals surface area contributed by atoms with Crippen molar-refractivity contribution in [3.05, 3.63) is 0 Å². The first-order chi connectivity index (χ1) is 1.00. The van der Waals surface area contributed by atoms with E-state index >= 15 is 0 Å². The van der Waals surface area contributed by atoms with E-state index in [0.717, 1.165) is 0 Å². The summed E-state index contributed by atoms with van der Waals surface area (Å²) in [6.07, 6.45) is 0. The predicted molar refractivity (Wildman–Crippen MR) is 29.1 cm³/mol. The van der Waals surface area contributed by atoms with Gasteiger partial charge in [0.2, 0.25) is 0 Å². The maximum absolute atomic E-state index is 8.38. The Kier molecular flexibility index (Phi) is 151. The van der Waals surface area contributed by atoms with Gasteiger partial charge in [0.05, 0.1) is 0 Å². The zero-order valence-corrected chi connectivity index (χ0v) is 4.08. The molecule has 0 aliphatic carbocycles. The summed E-state index contributed by atoms with van der Waals surface area (Å²) in [5.74, 6) is 0. The molecule has 0 aromatic carbocycles. The van der Waals surface area contributed by atoms with Gasteiger partial charge in [0.15, 0.2) is 0 Å². The van der Waals surface area contributed by atoms with Crippen LogP contribution in [0.3, 0.4) is 0 Å². The van der Waals surface area contributed by atoms with Crippen molar-refractivity contribution in [3.63, 3.8) is 0 Å². The van der Waals surface area contributed by atoms with Crippen molar-refractivity contribution in [2.45, 2.75) is 0 Å². The third-order valence-corrected chi connectivity index (χ3v) is 0.